The third kappa shape index (κ3) is 4.78. The third-order valence-corrected chi connectivity index (χ3v) is 5.11. The van der Waals surface area contributed by atoms with Gasteiger partial charge >= 0.3 is 6.18 Å². The molecule has 0 aliphatic heterocycles. The number of amides is 1. The second kappa shape index (κ2) is 7.85. The van der Waals surface area contributed by atoms with E-state index in [-0.39, 0.29) is 22.2 Å². The van der Waals surface area contributed by atoms with Gasteiger partial charge < -0.3 is 5.32 Å². The van der Waals surface area contributed by atoms with Crippen LogP contribution in [0.1, 0.15) is 11.4 Å². The fraction of sp³-hybridized carbons (Fsp3) is 0.167. The molecule has 0 radical (unpaired) electrons. The number of para-hydroxylation sites is 1. The Morgan fingerprint density at radius 1 is 1.19 bits per heavy atom. The normalized spacial score (nSPS) is 11.6. The molecular weight excluding hydrogens is 443 g/mol. The van der Waals surface area contributed by atoms with Gasteiger partial charge in [0.2, 0.25) is 11.7 Å². The summed E-state index contributed by atoms with van der Waals surface area (Å²) in [5.74, 6) is -1.62. The number of halogens is 4. The highest BCUT2D eigenvalue weighted by atomic mass is 79.9. The zero-order valence-corrected chi connectivity index (χ0v) is 16.4. The summed E-state index contributed by atoms with van der Waals surface area (Å²) >= 11 is 4.29. The van der Waals surface area contributed by atoms with Crippen molar-refractivity contribution >= 4 is 50.2 Å². The third-order valence-electron chi connectivity index (χ3n) is 3.62. The van der Waals surface area contributed by atoms with Gasteiger partial charge in [0.15, 0.2) is 0 Å². The number of carbonyl (C=O) groups is 1. The summed E-state index contributed by atoms with van der Waals surface area (Å²) in [5, 5.41) is 3.35. The van der Waals surface area contributed by atoms with Crippen molar-refractivity contribution in [3.63, 3.8) is 0 Å². The van der Waals surface area contributed by atoms with Crippen LogP contribution in [0.4, 0.5) is 18.9 Å². The largest absolute Gasteiger partial charge is 0.451 e. The molecule has 0 saturated carbocycles. The number of benzene rings is 2. The monoisotopic (exact) mass is 455 g/mol. The van der Waals surface area contributed by atoms with E-state index in [9.17, 15) is 18.0 Å². The molecule has 0 spiro atoms. The van der Waals surface area contributed by atoms with Gasteiger partial charge in [-0.1, -0.05) is 45.9 Å². The number of aryl methyl sites for hydroxylation is 1. The fourth-order valence-corrected chi connectivity index (χ4v) is 3.67. The van der Waals surface area contributed by atoms with Crippen molar-refractivity contribution < 1.29 is 18.0 Å². The van der Waals surface area contributed by atoms with Crippen molar-refractivity contribution in [1.29, 1.82) is 0 Å². The highest BCUT2D eigenvalue weighted by Crippen LogP contribution is 2.32. The van der Waals surface area contributed by atoms with Crippen LogP contribution in [0, 0.1) is 6.92 Å². The van der Waals surface area contributed by atoms with Crippen molar-refractivity contribution in [2.24, 2.45) is 0 Å². The van der Waals surface area contributed by atoms with Gasteiger partial charge in [0.05, 0.1) is 11.3 Å². The minimum Gasteiger partial charge on any atom is -0.325 e. The molecule has 0 bridgehead atoms. The van der Waals surface area contributed by atoms with Crippen molar-refractivity contribution in [2.75, 3.05) is 11.1 Å². The van der Waals surface area contributed by atoms with Crippen LogP contribution < -0.4 is 5.32 Å². The lowest BCUT2D eigenvalue weighted by molar-refractivity contribution is -0.145. The number of fused-ring (bicyclic) bond motifs is 1. The van der Waals surface area contributed by atoms with E-state index < -0.39 is 12.0 Å². The first-order valence-electron chi connectivity index (χ1n) is 7.77. The van der Waals surface area contributed by atoms with Crippen LogP contribution in [0.2, 0.25) is 0 Å². The second-order valence-electron chi connectivity index (χ2n) is 5.66. The van der Waals surface area contributed by atoms with Crippen LogP contribution in [0.25, 0.3) is 10.9 Å². The maximum Gasteiger partial charge on any atom is 0.451 e. The lowest BCUT2D eigenvalue weighted by Gasteiger charge is -2.11. The molecule has 0 aliphatic rings. The molecule has 0 atom stereocenters. The van der Waals surface area contributed by atoms with E-state index in [2.05, 4.69) is 31.2 Å². The van der Waals surface area contributed by atoms with E-state index in [0.29, 0.717) is 11.1 Å². The summed E-state index contributed by atoms with van der Waals surface area (Å²) in [6, 6.07) is 11.8. The van der Waals surface area contributed by atoms with Gasteiger partial charge in [0.25, 0.3) is 0 Å². The Morgan fingerprint density at radius 3 is 2.63 bits per heavy atom. The van der Waals surface area contributed by atoms with Gasteiger partial charge in [0.1, 0.15) is 5.03 Å². The number of nitrogens with zero attached hydrogens (tertiary/aromatic N) is 2. The smallest absolute Gasteiger partial charge is 0.325 e. The van der Waals surface area contributed by atoms with Crippen molar-refractivity contribution in [3.8, 4) is 0 Å². The van der Waals surface area contributed by atoms with Gasteiger partial charge in [-0.2, -0.15) is 13.2 Å². The molecule has 3 aromatic rings. The maximum absolute atomic E-state index is 13.0. The van der Waals surface area contributed by atoms with Gasteiger partial charge in [0, 0.05) is 15.5 Å². The predicted molar refractivity (Wildman–Crippen MR) is 103 cm³/mol. The molecule has 27 heavy (non-hydrogen) atoms. The molecule has 140 valence electrons. The first-order valence-corrected chi connectivity index (χ1v) is 9.54. The van der Waals surface area contributed by atoms with Gasteiger partial charge in [-0.15, -0.1) is 0 Å². The van der Waals surface area contributed by atoms with Gasteiger partial charge in [-0.05, 0) is 36.8 Å². The molecule has 2 aromatic carbocycles. The number of hydrogen-bond acceptors (Lipinski definition) is 4. The number of rotatable bonds is 4. The lowest BCUT2D eigenvalue weighted by atomic mass is 10.2. The number of thioether (sulfide) groups is 1. The zero-order chi connectivity index (χ0) is 19.6. The Labute approximate surface area is 165 Å². The Bertz CT molecular complexity index is 1010. The van der Waals surface area contributed by atoms with Crippen LogP contribution in [0.5, 0.6) is 0 Å². The SMILES string of the molecule is Cc1cc(Br)ccc1NC(=O)CSc1nc(C(F)(F)F)nc2ccccc12. The van der Waals surface area contributed by atoms with Gasteiger partial charge in [-0.3, -0.25) is 4.79 Å². The summed E-state index contributed by atoms with van der Waals surface area (Å²) < 4.78 is 40.0. The Kier molecular flexibility index (Phi) is 5.71. The van der Waals surface area contributed by atoms with Crippen LogP contribution >= 0.6 is 27.7 Å². The molecular formula is C18H13BrF3N3OS. The van der Waals surface area contributed by atoms with Crippen molar-refractivity contribution in [1.82, 2.24) is 9.97 Å². The molecule has 1 amide bonds. The first kappa shape index (κ1) is 19.6. The zero-order valence-electron chi connectivity index (χ0n) is 14.0. The molecule has 1 heterocycles. The van der Waals surface area contributed by atoms with Crippen LogP contribution in [-0.4, -0.2) is 21.6 Å². The van der Waals surface area contributed by atoms with E-state index >= 15 is 0 Å². The summed E-state index contributed by atoms with van der Waals surface area (Å²) in [5.41, 5.74) is 1.70. The Hall–Kier alpha value is -2.13. The molecule has 3 rings (SSSR count). The highest BCUT2D eigenvalue weighted by molar-refractivity contribution is 9.10. The van der Waals surface area contributed by atoms with Crippen LogP contribution in [-0.2, 0) is 11.0 Å². The summed E-state index contributed by atoms with van der Waals surface area (Å²) in [6.07, 6.45) is -4.66. The lowest BCUT2D eigenvalue weighted by Crippen LogP contribution is -2.16. The maximum atomic E-state index is 13.0. The van der Waals surface area contributed by atoms with E-state index in [4.69, 9.17) is 0 Å². The second-order valence-corrected chi connectivity index (χ2v) is 7.54. The van der Waals surface area contributed by atoms with E-state index in [1.54, 1.807) is 30.3 Å². The molecule has 1 aromatic heterocycles. The molecule has 4 nitrogen and oxygen atoms in total. The standard InChI is InChI=1S/C18H13BrF3N3OS/c1-10-8-11(19)6-7-13(10)23-15(26)9-27-16-12-4-2-3-5-14(12)24-17(25-16)18(20,21)22/h2-8H,9H2,1H3,(H,23,26). The summed E-state index contributed by atoms with van der Waals surface area (Å²) in [7, 11) is 0. The molecule has 0 saturated heterocycles. The average molecular weight is 456 g/mol. The number of carbonyl (C=O) groups excluding carboxylic acids is 1. The topological polar surface area (TPSA) is 54.9 Å². The molecule has 1 N–H and O–H groups in total. The minimum absolute atomic E-state index is 0.0756. The van der Waals surface area contributed by atoms with Crippen LogP contribution in [0.3, 0.4) is 0 Å². The average Bonchev–Trinajstić information content (AvgIpc) is 2.61. The number of aromatic nitrogens is 2. The molecule has 0 fully saturated rings. The molecule has 9 heteroatoms. The summed E-state index contributed by atoms with van der Waals surface area (Å²) in [4.78, 5) is 19.4. The van der Waals surface area contributed by atoms with Crippen LogP contribution in [0.15, 0.2) is 52.0 Å². The quantitative estimate of drug-likeness (QED) is 0.419. The van der Waals surface area contributed by atoms with Crippen molar-refractivity contribution in [2.45, 2.75) is 18.1 Å². The Balaban J connectivity index is 1.80. The number of hydrogen-bond donors (Lipinski definition) is 1. The predicted octanol–water partition coefficient (Wildman–Crippen LogP) is 5.45. The Morgan fingerprint density at radius 2 is 1.93 bits per heavy atom. The number of anilines is 1. The van der Waals surface area contributed by atoms with E-state index in [1.807, 2.05) is 13.0 Å². The summed E-state index contributed by atoms with van der Waals surface area (Å²) in [6.45, 7) is 1.85. The fourth-order valence-electron chi connectivity index (χ4n) is 2.37. The van der Waals surface area contributed by atoms with Gasteiger partial charge in [-0.25, -0.2) is 9.97 Å². The highest BCUT2D eigenvalue weighted by Gasteiger charge is 2.35. The number of nitrogens with one attached hydrogen (secondary N) is 1. The number of alkyl halides is 3. The minimum atomic E-state index is -4.66. The molecule has 0 aliphatic carbocycles. The molecule has 0 unspecified atom stereocenters. The first-order chi connectivity index (χ1) is 12.7. The van der Waals surface area contributed by atoms with Crippen molar-refractivity contribution in [3.05, 3.63) is 58.3 Å². The van der Waals surface area contributed by atoms with E-state index in [1.165, 1.54) is 6.07 Å². The van der Waals surface area contributed by atoms with E-state index in [0.717, 1.165) is 21.8 Å².